The minimum atomic E-state index is 0.720. The van der Waals surface area contributed by atoms with Crippen molar-refractivity contribution in [2.24, 2.45) is 5.10 Å². The van der Waals surface area contributed by atoms with Crippen molar-refractivity contribution in [1.82, 2.24) is 0 Å². The molecule has 0 aliphatic rings. The van der Waals surface area contributed by atoms with Crippen LogP contribution in [0.4, 0.5) is 5.69 Å². The average Bonchev–Trinajstić information content (AvgIpc) is 2.48. The molecule has 0 atom stereocenters. The molecule has 0 unspecified atom stereocenters. The summed E-state index contributed by atoms with van der Waals surface area (Å²) in [5.74, 6) is 1.44. The third kappa shape index (κ3) is 3.25. The van der Waals surface area contributed by atoms with Gasteiger partial charge in [-0.3, -0.25) is 5.43 Å². The molecule has 19 heavy (non-hydrogen) atoms. The predicted octanol–water partition coefficient (Wildman–Crippen LogP) is 3.15. The summed E-state index contributed by atoms with van der Waals surface area (Å²) in [6.45, 7) is 0. The summed E-state index contributed by atoms with van der Waals surface area (Å²) in [6.07, 6.45) is 1.69. The number of anilines is 1. The van der Waals surface area contributed by atoms with Gasteiger partial charge in [-0.15, -0.1) is 0 Å². The topological polar surface area (TPSA) is 42.9 Å². The van der Waals surface area contributed by atoms with Crippen LogP contribution in [0.1, 0.15) is 5.56 Å². The van der Waals surface area contributed by atoms with E-state index < -0.39 is 0 Å². The van der Waals surface area contributed by atoms with Crippen LogP contribution < -0.4 is 14.9 Å². The molecule has 0 amide bonds. The first-order valence-corrected chi connectivity index (χ1v) is 5.90. The van der Waals surface area contributed by atoms with Crippen LogP contribution in [0.2, 0.25) is 0 Å². The number of nitrogens with zero attached hydrogens (tertiary/aromatic N) is 1. The van der Waals surface area contributed by atoms with Crippen LogP contribution in [-0.2, 0) is 0 Å². The summed E-state index contributed by atoms with van der Waals surface area (Å²) in [5, 5.41) is 4.19. The highest BCUT2D eigenvalue weighted by Gasteiger charge is 2.06. The van der Waals surface area contributed by atoms with E-state index in [0.717, 1.165) is 22.7 Å². The number of benzene rings is 2. The molecule has 98 valence electrons. The van der Waals surface area contributed by atoms with Gasteiger partial charge in [0.15, 0.2) is 0 Å². The molecular formula is C15H16N2O2. The molecule has 0 spiro atoms. The molecule has 0 saturated heterocycles. The van der Waals surface area contributed by atoms with Gasteiger partial charge < -0.3 is 9.47 Å². The lowest BCUT2D eigenvalue weighted by Gasteiger charge is -2.09. The summed E-state index contributed by atoms with van der Waals surface area (Å²) in [5.41, 5.74) is 4.68. The van der Waals surface area contributed by atoms with Gasteiger partial charge in [-0.05, 0) is 24.3 Å². The first kappa shape index (κ1) is 13.0. The van der Waals surface area contributed by atoms with Crippen LogP contribution in [0, 0.1) is 0 Å². The van der Waals surface area contributed by atoms with E-state index in [2.05, 4.69) is 10.5 Å². The average molecular weight is 256 g/mol. The second-order valence-corrected chi connectivity index (χ2v) is 3.81. The number of ether oxygens (including phenoxy) is 2. The second kappa shape index (κ2) is 6.44. The van der Waals surface area contributed by atoms with Crippen molar-refractivity contribution in [3.05, 3.63) is 54.1 Å². The Morgan fingerprint density at radius 3 is 2.11 bits per heavy atom. The van der Waals surface area contributed by atoms with Gasteiger partial charge in [-0.1, -0.05) is 24.3 Å². The Hall–Kier alpha value is -2.49. The van der Waals surface area contributed by atoms with E-state index in [0.29, 0.717) is 0 Å². The molecule has 0 radical (unpaired) electrons. The zero-order chi connectivity index (χ0) is 13.5. The van der Waals surface area contributed by atoms with Crippen molar-refractivity contribution >= 4 is 11.9 Å². The van der Waals surface area contributed by atoms with Gasteiger partial charge in [0, 0.05) is 0 Å². The molecule has 4 nitrogen and oxygen atoms in total. The standard InChI is InChI=1S/C15H16N2O2/c1-18-14-9-6-10-15(19-2)13(14)11-16-17-12-7-4-3-5-8-12/h3-11,17H,1-2H3. The van der Waals surface area contributed by atoms with Crippen molar-refractivity contribution in [3.63, 3.8) is 0 Å². The Kier molecular flexibility index (Phi) is 4.39. The maximum atomic E-state index is 5.29. The predicted molar refractivity (Wildman–Crippen MR) is 77.2 cm³/mol. The van der Waals surface area contributed by atoms with Gasteiger partial charge >= 0.3 is 0 Å². The van der Waals surface area contributed by atoms with Gasteiger partial charge in [0.2, 0.25) is 0 Å². The molecular weight excluding hydrogens is 240 g/mol. The number of para-hydroxylation sites is 1. The van der Waals surface area contributed by atoms with Crippen molar-refractivity contribution in [1.29, 1.82) is 0 Å². The van der Waals surface area contributed by atoms with Gasteiger partial charge in [-0.25, -0.2) is 0 Å². The van der Waals surface area contributed by atoms with Crippen LogP contribution in [0.5, 0.6) is 11.5 Å². The van der Waals surface area contributed by atoms with Crippen molar-refractivity contribution in [2.75, 3.05) is 19.6 Å². The van der Waals surface area contributed by atoms with E-state index in [4.69, 9.17) is 9.47 Å². The lowest BCUT2D eigenvalue weighted by molar-refractivity contribution is 0.393. The number of hydrogen-bond acceptors (Lipinski definition) is 4. The normalized spacial score (nSPS) is 10.4. The minimum Gasteiger partial charge on any atom is -0.496 e. The van der Waals surface area contributed by atoms with E-state index in [1.807, 2.05) is 48.5 Å². The lowest BCUT2D eigenvalue weighted by Crippen LogP contribution is -1.97. The lowest BCUT2D eigenvalue weighted by atomic mass is 10.2. The molecule has 4 heteroatoms. The van der Waals surface area contributed by atoms with Crippen molar-refractivity contribution in [2.45, 2.75) is 0 Å². The molecule has 2 aromatic carbocycles. The number of hydrogen-bond donors (Lipinski definition) is 1. The maximum Gasteiger partial charge on any atom is 0.131 e. The molecule has 1 N–H and O–H groups in total. The van der Waals surface area contributed by atoms with Gasteiger partial charge in [-0.2, -0.15) is 5.10 Å². The summed E-state index contributed by atoms with van der Waals surface area (Å²) in [4.78, 5) is 0. The van der Waals surface area contributed by atoms with Gasteiger partial charge in [0.05, 0.1) is 31.7 Å². The van der Waals surface area contributed by atoms with E-state index >= 15 is 0 Å². The molecule has 0 fully saturated rings. The largest absolute Gasteiger partial charge is 0.496 e. The molecule has 0 aliphatic carbocycles. The van der Waals surface area contributed by atoms with Crippen molar-refractivity contribution < 1.29 is 9.47 Å². The van der Waals surface area contributed by atoms with Crippen molar-refractivity contribution in [3.8, 4) is 11.5 Å². The molecule has 0 aliphatic heterocycles. The SMILES string of the molecule is COc1cccc(OC)c1C=NNc1ccccc1. The first-order chi connectivity index (χ1) is 9.35. The van der Waals surface area contributed by atoms with E-state index in [-0.39, 0.29) is 0 Å². The zero-order valence-electron chi connectivity index (χ0n) is 11.0. The Balaban J connectivity index is 2.18. The number of nitrogens with one attached hydrogen (secondary N) is 1. The molecule has 0 bridgehead atoms. The van der Waals surface area contributed by atoms with E-state index in [9.17, 15) is 0 Å². The molecule has 2 rings (SSSR count). The minimum absolute atomic E-state index is 0.720. The summed E-state index contributed by atoms with van der Waals surface area (Å²) in [7, 11) is 3.24. The van der Waals surface area contributed by atoms with E-state index in [1.165, 1.54) is 0 Å². The number of rotatable bonds is 5. The van der Waals surface area contributed by atoms with Crippen LogP contribution in [0.25, 0.3) is 0 Å². The molecule has 0 aromatic heterocycles. The monoisotopic (exact) mass is 256 g/mol. The maximum absolute atomic E-state index is 5.29. The Bertz CT molecular complexity index is 531. The molecule has 2 aromatic rings. The number of hydrazone groups is 1. The molecule has 0 saturated carbocycles. The third-order valence-corrected chi connectivity index (χ3v) is 2.63. The fourth-order valence-electron chi connectivity index (χ4n) is 1.69. The summed E-state index contributed by atoms with van der Waals surface area (Å²) >= 11 is 0. The fourth-order valence-corrected chi connectivity index (χ4v) is 1.69. The Labute approximate surface area is 112 Å². The fraction of sp³-hybridized carbons (Fsp3) is 0.133. The summed E-state index contributed by atoms with van der Waals surface area (Å²) in [6, 6.07) is 15.3. The van der Waals surface area contributed by atoms with Crippen LogP contribution in [0.15, 0.2) is 53.6 Å². The zero-order valence-corrected chi connectivity index (χ0v) is 11.0. The van der Waals surface area contributed by atoms with Crippen LogP contribution >= 0.6 is 0 Å². The van der Waals surface area contributed by atoms with Crippen LogP contribution in [0.3, 0.4) is 0 Å². The van der Waals surface area contributed by atoms with Crippen LogP contribution in [-0.4, -0.2) is 20.4 Å². The smallest absolute Gasteiger partial charge is 0.131 e. The van der Waals surface area contributed by atoms with E-state index in [1.54, 1.807) is 20.4 Å². The highest BCUT2D eigenvalue weighted by molar-refractivity contribution is 5.87. The number of methoxy groups -OCH3 is 2. The first-order valence-electron chi connectivity index (χ1n) is 5.90. The Morgan fingerprint density at radius 1 is 0.895 bits per heavy atom. The summed E-state index contributed by atoms with van der Waals surface area (Å²) < 4.78 is 10.6. The van der Waals surface area contributed by atoms with Gasteiger partial charge in [0.1, 0.15) is 11.5 Å². The van der Waals surface area contributed by atoms with Gasteiger partial charge in [0.25, 0.3) is 0 Å². The Morgan fingerprint density at radius 2 is 1.53 bits per heavy atom. The third-order valence-electron chi connectivity index (χ3n) is 2.63. The quantitative estimate of drug-likeness (QED) is 0.660. The molecule has 0 heterocycles. The second-order valence-electron chi connectivity index (χ2n) is 3.81. The highest BCUT2D eigenvalue weighted by Crippen LogP contribution is 2.26. The highest BCUT2D eigenvalue weighted by atomic mass is 16.5.